The summed E-state index contributed by atoms with van der Waals surface area (Å²) in [6.45, 7) is 3.48. The molecule has 0 bridgehead atoms. The number of carboxylic acids is 1. The fourth-order valence-electron chi connectivity index (χ4n) is 3.75. The molecule has 0 aliphatic heterocycles. The second-order valence-corrected chi connectivity index (χ2v) is 8.53. The lowest BCUT2D eigenvalue weighted by Gasteiger charge is -2.27. The molecule has 27 heavy (non-hydrogen) atoms. The highest BCUT2D eigenvalue weighted by Gasteiger charge is 2.28. The molecule has 1 aliphatic rings. The van der Waals surface area contributed by atoms with Crippen molar-refractivity contribution in [2.45, 2.75) is 44.0 Å². The van der Waals surface area contributed by atoms with Gasteiger partial charge in [0.2, 0.25) is 10.0 Å². The van der Waals surface area contributed by atoms with E-state index in [2.05, 4.69) is 4.72 Å². The third-order valence-corrected chi connectivity index (χ3v) is 6.72. The van der Waals surface area contributed by atoms with Gasteiger partial charge >= 0.3 is 5.97 Å². The van der Waals surface area contributed by atoms with E-state index in [0.717, 1.165) is 24.0 Å². The van der Waals surface area contributed by atoms with Crippen LogP contribution in [0.3, 0.4) is 0 Å². The van der Waals surface area contributed by atoms with E-state index in [1.54, 1.807) is 51.3 Å². The maximum atomic E-state index is 13.1. The number of methoxy groups -OCH3 is 1. The summed E-state index contributed by atoms with van der Waals surface area (Å²) in [7, 11) is -2.23. The Kier molecular flexibility index (Phi) is 5.26. The third-order valence-electron chi connectivity index (χ3n) is 4.94. The predicted molar refractivity (Wildman–Crippen MR) is 102 cm³/mol. The maximum absolute atomic E-state index is 13.1. The number of carbonyl (C=O) groups is 1. The van der Waals surface area contributed by atoms with Gasteiger partial charge in [-0.3, -0.25) is 0 Å². The van der Waals surface area contributed by atoms with E-state index in [-0.39, 0.29) is 10.5 Å². The van der Waals surface area contributed by atoms with E-state index >= 15 is 0 Å². The Balaban J connectivity index is 1.99. The standard InChI is InChI=1S/C20H23NO5S/c1-12-9-16(26-3)10-13(2)19(12)27(24,25)21-18-6-4-5-14-7-8-15(20(22)23)11-17(14)18/h7-11,18,21H,4-6H2,1-3H3,(H,22,23)/t18-/m1/s1. The Bertz CT molecular complexity index is 974. The first-order valence-electron chi connectivity index (χ1n) is 8.76. The molecule has 144 valence electrons. The second-order valence-electron chi connectivity index (χ2n) is 6.88. The number of hydrogen-bond acceptors (Lipinski definition) is 4. The quantitative estimate of drug-likeness (QED) is 0.818. The number of hydrogen-bond donors (Lipinski definition) is 2. The van der Waals surface area contributed by atoms with Crippen molar-refractivity contribution in [3.63, 3.8) is 0 Å². The van der Waals surface area contributed by atoms with Crippen molar-refractivity contribution in [3.8, 4) is 5.75 Å². The number of ether oxygens (including phenoxy) is 1. The zero-order chi connectivity index (χ0) is 19.8. The highest BCUT2D eigenvalue weighted by Crippen LogP contribution is 2.33. The molecule has 0 aromatic heterocycles. The van der Waals surface area contributed by atoms with Gasteiger partial charge in [0.25, 0.3) is 0 Å². The van der Waals surface area contributed by atoms with E-state index in [4.69, 9.17) is 4.74 Å². The summed E-state index contributed by atoms with van der Waals surface area (Å²) in [5, 5.41) is 9.25. The van der Waals surface area contributed by atoms with E-state index in [0.29, 0.717) is 23.3 Å². The number of aromatic carboxylic acids is 1. The minimum absolute atomic E-state index is 0.164. The number of aryl methyl sites for hydroxylation is 3. The summed E-state index contributed by atoms with van der Waals surface area (Å²) < 4.78 is 34.2. The van der Waals surface area contributed by atoms with E-state index in [9.17, 15) is 18.3 Å². The van der Waals surface area contributed by atoms with Gasteiger partial charge in [-0.2, -0.15) is 0 Å². The van der Waals surface area contributed by atoms with Crippen LogP contribution in [0.5, 0.6) is 5.75 Å². The van der Waals surface area contributed by atoms with Crippen LogP contribution >= 0.6 is 0 Å². The number of sulfonamides is 1. The number of benzene rings is 2. The Labute approximate surface area is 159 Å². The van der Waals surface area contributed by atoms with Gasteiger partial charge in [-0.1, -0.05) is 6.07 Å². The molecule has 0 fully saturated rings. The molecule has 2 aromatic rings. The van der Waals surface area contributed by atoms with Crippen molar-refractivity contribution in [3.05, 3.63) is 58.1 Å². The normalized spacial score (nSPS) is 16.6. The molecule has 1 aliphatic carbocycles. The zero-order valence-electron chi connectivity index (χ0n) is 15.6. The molecule has 2 aromatic carbocycles. The average molecular weight is 389 g/mol. The molecule has 7 heteroatoms. The van der Waals surface area contributed by atoms with Gasteiger partial charge in [0, 0.05) is 6.04 Å². The summed E-state index contributed by atoms with van der Waals surface area (Å²) in [4.78, 5) is 11.5. The molecule has 0 spiro atoms. The van der Waals surface area contributed by atoms with E-state index in [1.165, 1.54) is 0 Å². The van der Waals surface area contributed by atoms with Crippen molar-refractivity contribution in [1.29, 1.82) is 0 Å². The topological polar surface area (TPSA) is 92.7 Å². The van der Waals surface area contributed by atoms with Gasteiger partial charge in [-0.05, 0) is 79.6 Å². The molecule has 0 amide bonds. The molecule has 3 rings (SSSR count). The van der Waals surface area contributed by atoms with Gasteiger partial charge in [0.05, 0.1) is 17.6 Å². The molecule has 0 saturated heterocycles. The molecular formula is C20H23NO5S. The Hall–Kier alpha value is -2.38. The van der Waals surface area contributed by atoms with Crippen LogP contribution in [0.1, 0.15) is 51.5 Å². The van der Waals surface area contributed by atoms with Gasteiger partial charge in [-0.15, -0.1) is 0 Å². The molecule has 0 saturated carbocycles. The van der Waals surface area contributed by atoms with Crippen LogP contribution in [-0.2, 0) is 16.4 Å². The Morgan fingerprint density at radius 3 is 2.44 bits per heavy atom. The fraction of sp³-hybridized carbons (Fsp3) is 0.350. The van der Waals surface area contributed by atoms with Gasteiger partial charge in [-0.25, -0.2) is 17.9 Å². The first kappa shape index (κ1) is 19.4. The molecular weight excluding hydrogens is 366 g/mol. The molecule has 0 heterocycles. The monoisotopic (exact) mass is 389 g/mol. The average Bonchev–Trinajstić information content (AvgIpc) is 2.60. The molecule has 0 radical (unpaired) electrons. The number of rotatable bonds is 5. The lowest BCUT2D eigenvalue weighted by Crippen LogP contribution is -2.32. The zero-order valence-corrected chi connectivity index (χ0v) is 16.4. The Morgan fingerprint density at radius 2 is 1.85 bits per heavy atom. The van der Waals surface area contributed by atoms with Crippen LogP contribution in [-0.4, -0.2) is 26.6 Å². The smallest absolute Gasteiger partial charge is 0.335 e. The summed E-state index contributed by atoms with van der Waals surface area (Å²) in [5.74, 6) is -0.412. The molecule has 1 atom stereocenters. The summed E-state index contributed by atoms with van der Waals surface area (Å²) in [6, 6.07) is 7.87. The largest absolute Gasteiger partial charge is 0.497 e. The first-order valence-corrected chi connectivity index (χ1v) is 10.2. The van der Waals surface area contributed by atoms with Crippen LogP contribution in [0.15, 0.2) is 35.2 Å². The summed E-state index contributed by atoms with van der Waals surface area (Å²) >= 11 is 0. The van der Waals surface area contributed by atoms with Gasteiger partial charge in [0.1, 0.15) is 5.75 Å². The fourth-order valence-corrected chi connectivity index (χ4v) is 5.46. The van der Waals surface area contributed by atoms with Gasteiger partial charge in [0.15, 0.2) is 0 Å². The molecule has 0 unspecified atom stereocenters. The lowest BCUT2D eigenvalue weighted by atomic mass is 9.87. The minimum Gasteiger partial charge on any atom is -0.497 e. The van der Waals surface area contributed by atoms with Crippen molar-refractivity contribution in [2.75, 3.05) is 7.11 Å². The van der Waals surface area contributed by atoms with Crippen molar-refractivity contribution < 1.29 is 23.1 Å². The van der Waals surface area contributed by atoms with E-state index < -0.39 is 22.0 Å². The third kappa shape index (κ3) is 3.84. The minimum atomic E-state index is -3.78. The van der Waals surface area contributed by atoms with Crippen LogP contribution in [0.2, 0.25) is 0 Å². The Morgan fingerprint density at radius 1 is 1.19 bits per heavy atom. The summed E-state index contributed by atoms with van der Waals surface area (Å²) in [5.41, 5.74) is 3.11. The summed E-state index contributed by atoms with van der Waals surface area (Å²) in [6.07, 6.45) is 2.28. The van der Waals surface area contributed by atoms with Gasteiger partial charge < -0.3 is 9.84 Å². The number of carboxylic acid groups (broad SMARTS) is 1. The van der Waals surface area contributed by atoms with Crippen molar-refractivity contribution in [2.24, 2.45) is 0 Å². The molecule has 2 N–H and O–H groups in total. The highest BCUT2D eigenvalue weighted by atomic mass is 32.2. The maximum Gasteiger partial charge on any atom is 0.335 e. The van der Waals surface area contributed by atoms with Crippen molar-refractivity contribution >= 4 is 16.0 Å². The SMILES string of the molecule is COc1cc(C)c(S(=O)(=O)N[C@@H]2CCCc3ccc(C(=O)O)cc32)c(C)c1. The number of nitrogens with one attached hydrogen (secondary N) is 1. The van der Waals surface area contributed by atoms with Crippen LogP contribution < -0.4 is 9.46 Å². The van der Waals surface area contributed by atoms with Crippen molar-refractivity contribution in [1.82, 2.24) is 4.72 Å². The lowest BCUT2D eigenvalue weighted by molar-refractivity contribution is 0.0696. The van der Waals surface area contributed by atoms with Crippen LogP contribution in [0, 0.1) is 13.8 Å². The number of fused-ring (bicyclic) bond motifs is 1. The highest BCUT2D eigenvalue weighted by molar-refractivity contribution is 7.89. The van der Waals surface area contributed by atoms with E-state index in [1.807, 2.05) is 0 Å². The van der Waals surface area contributed by atoms with Crippen LogP contribution in [0.4, 0.5) is 0 Å². The first-order chi connectivity index (χ1) is 12.7. The predicted octanol–water partition coefficient (Wildman–Crippen LogP) is 3.37. The second kappa shape index (κ2) is 7.32. The molecule has 6 nitrogen and oxygen atoms in total. The van der Waals surface area contributed by atoms with Crippen LogP contribution in [0.25, 0.3) is 0 Å².